The molecule has 0 aliphatic heterocycles. The first kappa shape index (κ1) is 16.9. The van der Waals surface area contributed by atoms with Crippen molar-refractivity contribution in [3.8, 4) is 0 Å². The summed E-state index contributed by atoms with van der Waals surface area (Å²) in [6, 6.07) is 7.00. The predicted octanol–water partition coefficient (Wildman–Crippen LogP) is 3.81. The average molecular weight is 379 g/mol. The number of carbonyl (C=O) groups is 1. The van der Waals surface area contributed by atoms with Crippen LogP contribution in [-0.4, -0.2) is 16.7 Å². The summed E-state index contributed by atoms with van der Waals surface area (Å²) < 4.78 is 0. The van der Waals surface area contributed by atoms with Gasteiger partial charge in [-0.1, -0.05) is 11.6 Å². The van der Waals surface area contributed by atoms with E-state index in [-0.39, 0.29) is 11.6 Å². The van der Waals surface area contributed by atoms with Crippen LogP contribution < -0.4 is 21.5 Å². The molecule has 2 amide bonds. The third-order valence-electron chi connectivity index (χ3n) is 5.81. The number of hydrazine groups is 1. The number of hydrogen-bond donors (Lipinski definition) is 4. The standard InChI is InChI=1S/C18H23ClN4OS/c19-14-1-3-15(4-2-14)20-17(25)23-22-16(24)21-18-8-11-5-12(9-18)7-13(6-11)10-18/h1-4,11-13H,5-10H2,(H2,20,23,25)(H2,21,22,24). The van der Waals surface area contributed by atoms with Gasteiger partial charge in [0.25, 0.3) is 0 Å². The molecule has 4 N–H and O–H groups in total. The minimum atomic E-state index is -0.206. The molecule has 134 valence electrons. The summed E-state index contributed by atoms with van der Waals surface area (Å²) in [7, 11) is 0. The first-order chi connectivity index (χ1) is 12.0. The zero-order valence-corrected chi connectivity index (χ0v) is 15.6. The van der Waals surface area contributed by atoms with Crippen molar-refractivity contribution in [2.24, 2.45) is 17.8 Å². The van der Waals surface area contributed by atoms with Crippen molar-refractivity contribution in [1.29, 1.82) is 0 Å². The zero-order chi connectivity index (χ0) is 17.4. The molecule has 1 aromatic rings. The number of urea groups is 1. The third kappa shape index (κ3) is 3.85. The van der Waals surface area contributed by atoms with Gasteiger partial charge in [0.15, 0.2) is 5.11 Å². The number of carbonyl (C=O) groups excluding carboxylic acids is 1. The molecular formula is C18H23ClN4OS. The highest BCUT2D eigenvalue weighted by atomic mass is 35.5. The molecule has 4 bridgehead atoms. The minimum absolute atomic E-state index is 0.00819. The van der Waals surface area contributed by atoms with Gasteiger partial charge < -0.3 is 10.6 Å². The second kappa shape index (κ2) is 6.65. The minimum Gasteiger partial charge on any atom is -0.331 e. The van der Waals surface area contributed by atoms with E-state index in [1.54, 1.807) is 12.1 Å². The Morgan fingerprint density at radius 3 is 2.12 bits per heavy atom. The van der Waals surface area contributed by atoms with Crippen LogP contribution in [-0.2, 0) is 0 Å². The summed E-state index contributed by atoms with van der Waals surface area (Å²) in [6.07, 6.45) is 7.45. The van der Waals surface area contributed by atoms with E-state index in [0.717, 1.165) is 42.7 Å². The van der Waals surface area contributed by atoms with Crippen molar-refractivity contribution in [3.63, 3.8) is 0 Å². The molecule has 0 spiro atoms. The van der Waals surface area contributed by atoms with Crippen LogP contribution in [0.15, 0.2) is 24.3 Å². The highest BCUT2D eigenvalue weighted by Crippen LogP contribution is 2.55. The number of rotatable bonds is 2. The Balaban J connectivity index is 1.26. The molecule has 4 saturated carbocycles. The quantitative estimate of drug-likeness (QED) is 0.466. The van der Waals surface area contributed by atoms with Crippen LogP contribution in [0.2, 0.25) is 5.02 Å². The maximum Gasteiger partial charge on any atom is 0.333 e. The van der Waals surface area contributed by atoms with Gasteiger partial charge in [-0.3, -0.25) is 5.43 Å². The van der Waals surface area contributed by atoms with E-state index in [2.05, 4.69) is 21.5 Å². The van der Waals surface area contributed by atoms with Gasteiger partial charge in [0.1, 0.15) is 0 Å². The molecule has 25 heavy (non-hydrogen) atoms. The normalized spacial score (nSPS) is 32.1. The van der Waals surface area contributed by atoms with E-state index >= 15 is 0 Å². The lowest BCUT2D eigenvalue weighted by Gasteiger charge is -2.56. The number of nitrogens with one attached hydrogen (secondary N) is 4. The first-order valence-electron chi connectivity index (χ1n) is 8.90. The molecule has 4 aliphatic rings. The lowest BCUT2D eigenvalue weighted by atomic mass is 9.53. The van der Waals surface area contributed by atoms with E-state index in [9.17, 15) is 4.79 Å². The summed E-state index contributed by atoms with van der Waals surface area (Å²) in [6.45, 7) is 0. The highest BCUT2D eigenvalue weighted by molar-refractivity contribution is 7.80. The van der Waals surface area contributed by atoms with Gasteiger partial charge in [0.05, 0.1) is 0 Å². The maximum atomic E-state index is 12.3. The van der Waals surface area contributed by atoms with Gasteiger partial charge in [-0.15, -0.1) is 0 Å². The molecule has 7 heteroatoms. The molecule has 0 aromatic heterocycles. The van der Waals surface area contributed by atoms with Gasteiger partial charge in [-0.25, -0.2) is 10.2 Å². The van der Waals surface area contributed by atoms with Crippen molar-refractivity contribution >= 4 is 40.6 Å². The second-order valence-corrected chi connectivity index (χ2v) is 8.71. The molecule has 0 atom stereocenters. The fourth-order valence-electron chi connectivity index (χ4n) is 5.34. The maximum absolute atomic E-state index is 12.3. The highest BCUT2D eigenvalue weighted by Gasteiger charge is 2.51. The molecule has 5 rings (SSSR count). The second-order valence-electron chi connectivity index (χ2n) is 7.86. The Bertz CT molecular complexity index is 643. The average Bonchev–Trinajstić information content (AvgIpc) is 2.53. The van der Waals surface area contributed by atoms with Crippen LogP contribution in [0.1, 0.15) is 38.5 Å². The van der Waals surface area contributed by atoms with Crippen LogP contribution in [0.3, 0.4) is 0 Å². The molecular weight excluding hydrogens is 356 g/mol. The van der Waals surface area contributed by atoms with Gasteiger partial charge in [0, 0.05) is 16.2 Å². The van der Waals surface area contributed by atoms with E-state index in [1.807, 2.05) is 12.1 Å². The van der Waals surface area contributed by atoms with Crippen molar-refractivity contribution in [2.75, 3.05) is 5.32 Å². The Morgan fingerprint density at radius 1 is 1.00 bits per heavy atom. The zero-order valence-electron chi connectivity index (χ0n) is 14.0. The van der Waals surface area contributed by atoms with Gasteiger partial charge in [-0.05, 0) is 92.8 Å². The monoisotopic (exact) mass is 378 g/mol. The smallest absolute Gasteiger partial charge is 0.331 e. The molecule has 4 fully saturated rings. The number of benzene rings is 1. The van der Waals surface area contributed by atoms with E-state index in [4.69, 9.17) is 23.8 Å². The van der Waals surface area contributed by atoms with Crippen molar-refractivity contribution < 1.29 is 4.79 Å². The largest absolute Gasteiger partial charge is 0.333 e. The molecule has 0 radical (unpaired) electrons. The predicted molar refractivity (Wildman–Crippen MR) is 103 cm³/mol. The Hall–Kier alpha value is -1.53. The molecule has 0 saturated heterocycles. The summed E-state index contributed by atoms with van der Waals surface area (Å²) in [5.74, 6) is 2.39. The number of halogens is 1. The van der Waals surface area contributed by atoms with Crippen LogP contribution in [0.5, 0.6) is 0 Å². The topological polar surface area (TPSA) is 65.2 Å². The van der Waals surface area contributed by atoms with Crippen LogP contribution >= 0.6 is 23.8 Å². The summed E-state index contributed by atoms with van der Waals surface area (Å²) in [4.78, 5) is 12.3. The summed E-state index contributed by atoms with van der Waals surface area (Å²) in [5, 5.41) is 7.24. The molecule has 4 aliphatic carbocycles. The van der Waals surface area contributed by atoms with Crippen LogP contribution in [0.4, 0.5) is 10.5 Å². The Morgan fingerprint density at radius 2 is 1.56 bits per heavy atom. The van der Waals surface area contributed by atoms with Crippen LogP contribution in [0.25, 0.3) is 0 Å². The van der Waals surface area contributed by atoms with Crippen LogP contribution in [0, 0.1) is 17.8 Å². The number of thiocarbonyl (C=S) groups is 1. The first-order valence-corrected chi connectivity index (χ1v) is 9.69. The SMILES string of the molecule is O=C(NNC(=S)Nc1ccc(Cl)cc1)NC12CC3CC(CC(C3)C1)C2. The Labute approximate surface area is 158 Å². The molecule has 1 aromatic carbocycles. The van der Waals surface area contributed by atoms with Gasteiger partial charge in [-0.2, -0.15) is 0 Å². The van der Waals surface area contributed by atoms with E-state index in [1.165, 1.54) is 19.3 Å². The van der Waals surface area contributed by atoms with Crippen molar-refractivity contribution in [1.82, 2.24) is 16.2 Å². The Kier molecular flexibility index (Phi) is 4.50. The molecule has 0 unspecified atom stereocenters. The van der Waals surface area contributed by atoms with Gasteiger partial charge >= 0.3 is 6.03 Å². The number of amides is 2. The summed E-state index contributed by atoms with van der Waals surface area (Å²) >= 11 is 11.1. The third-order valence-corrected chi connectivity index (χ3v) is 6.26. The number of anilines is 1. The molecule has 5 nitrogen and oxygen atoms in total. The van der Waals surface area contributed by atoms with Gasteiger partial charge in [0.2, 0.25) is 0 Å². The van der Waals surface area contributed by atoms with E-state index < -0.39 is 0 Å². The van der Waals surface area contributed by atoms with Crippen molar-refractivity contribution in [3.05, 3.63) is 29.3 Å². The lowest BCUT2D eigenvalue weighted by Crippen LogP contribution is -2.63. The van der Waals surface area contributed by atoms with Crippen molar-refractivity contribution in [2.45, 2.75) is 44.1 Å². The lowest BCUT2D eigenvalue weighted by molar-refractivity contribution is -0.0136. The fraction of sp³-hybridized carbons (Fsp3) is 0.556. The summed E-state index contributed by atoms with van der Waals surface area (Å²) in [5.41, 5.74) is 6.21. The fourth-order valence-corrected chi connectivity index (χ4v) is 5.64. The molecule has 0 heterocycles. The number of hydrogen-bond acceptors (Lipinski definition) is 2. The van der Waals surface area contributed by atoms with E-state index in [0.29, 0.717) is 10.1 Å².